The van der Waals surface area contributed by atoms with Crippen molar-refractivity contribution in [2.24, 2.45) is 0 Å². The molecule has 0 fully saturated rings. The molecule has 8 rings (SSSR count). The fourth-order valence-corrected chi connectivity index (χ4v) is 5.70. The molecule has 0 saturated heterocycles. The first-order valence-electron chi connectivity index (χ1n) is 13.0. The maximum atomic E-state index is 5.10. The van der Waals surface area contributed by atoms with Crippen molar-refractivity contribution in [1.29, 1.82) is 0 Å². The van der Waals surface area contributed by atoms with E-state index in [1.807, 2.05) is 48.7 Å². The Hall–Kier alpha value is -5.35. The van der Waals surface area contributed by atoms with Gasteiger partial charge in [-0.1, -0.05) is 103 Å². The molecule has 3 heterocycles. The van der Waals surface area contributed by atoms with Gasteiger partial charge in [0.1, 0.15) is 0 Å². The van der Waals surface area contributed by atoms with E-state index in [-0.39, 0.29) is 0 Å². The Morgan fingerprint density at radius 1 is 0.487 bits per heavy atom. The largest absolute Gasteiger partial charge is 0.285 e. The van der Waals surface area contributed by atoms with E-state index in [1.165, 1.54) is 16.7 Å². The average Bonchev–Trinajstić information content (AvgIpc) is 3.36. The molecule has 0 unspecified atom stereocenters. The number of pyridine rings is 1. The summed E-state index contributed by atoms with van der Waals surface area (Å²) in [6.45, 7) is 0. The van der Waals surface area contributed by atoms with E-state index in [0.717, 1.165) is 50.2 Å². The zero-order valence-corrected chi connectivity index (χ0v) is 21.0. The number of hydrogen-bond donors (Lipinski definition) is 0. The molecule has 0 N–H and O–H groups in total. The van der Waals surface area contributed by atoms with Crippen LogP contribution in [-0.4, -0.2) is 19.5 Å². The van der Waals surface area contributed by atoms with Crippen LogP contribution in [0, 0.1) is 0 Å². The fraction of sp³-hybridized carbons (Fsp3) is 0. The molecule has 4 heteroatoms. The molecule has 0 atom stereocenters. The summed E-state index contributed by atoms with van der Waals surface area (Å²) in [5.41, 5.74) is 11.7. The summed E-state index contributed by atoms with van der Waals surface area (Å²) in [6, 6.07) is 41.9. The van der Waals surface area contributed by atoms with Crippen LogP contribution in [0.2, 0.25) is 0 Å². The lowest BCUT2D eigenvalue weighted by Gasteiger charge is -2.12. The van der Waals surface area contributed by atoms with E-state index in [9.17, 15) is 0 Å². The van der Waals surface area contributed by atoms with Crippen molar-refractivity contribution in [1.82, 2.24) is 19.5 Å². The Balaban J connectivity index is 1.45. The van der Waals surface area contributed by atoms with E-state index in [1.54, 1.807) is 0 Å². The topological polar surface area (TPSA) is 43.6 Å². The molecule has 3 aromatic heterocycles. The summed E-state index contributed by atoms with van der Waals surface area (Å²) in [4.78, 5) is 15.1. The second-order valence-corrected chi connectivity index (χ2v) is 9.73. The third-order valence-electron chi connectivity index (χ3n) is 7.47. The van der Waals surface area contributed by atoms with Crippen LogP contribution in [0.15, 0.2) is 134 Å². The maximum Gasteiger partial charge on any atom is 0.235 e. The van der Waals surface area contributed by atoms with Crippen LogP contribution in [0.5, 0.6) is 0 Å². The zero-order chi connectivity index (χ0) is 25.8. The molecule has 4 nitrogen and oxygen atoms in total. The van der Waals surface area contributed by atoms with Gasteiger partial charge in [0.25, 0.3) is 0 Å². The molecule has 0 aliphatic heterocycles. The second-order valence-electron chi connectivity index (χ2n) is 9.73. The lowest BCUT2D eigenvalue weighted by molar-refractivity contribution is 0.969. The summed E-state index contributed by atoms with van der Waals surface area (Å²) in [7, 11) is 0. The summed E-state index contributed by atoms with van der Waals surface area (Å²) in [6.07, 6.45) is 4.03. The van der Waals surface area contributed by atoms with Gasteiger partial charge >= 0.3 is 0 Å². The van der Waals surface area contributed by atoms with Gasteiger partial charge in [-0.05, 0) is 34.9 Å². The molecule has 39 heavy (non-hydrogen) atoms. The number of fused-ring (bicyclic) bond motifs is 5. The number of hydrogen-bond acceptors (Lipinski definition) is 3. The van der Waals surface area contributed by atoms with Crippen LogP contribution in [0.3, 0.4) is 0 Å². The Bertz CT molecular complexity index is 1950. The van der Waals surface area contributed by atoms with Crippen molar-refractivity contribution in [3.05, 3.63) is 134 Å². The first kappa shape index (κ1) is 21.7. The molecule has 4 aromatic carbocycles. The average molecular weight is 499 g/mol. The van der Waals surface area contributed by atoms with Crippen molar-refractivity contribution >= 4 is 10.9 Å². The van der Waals surface area contributed by atoms with Crippen LogP contribution in [0.1, 0.15) is 0 Å². The lowest BCUT2D eigenvalue weighted by Crippen LogP contribution is -2.03. The van der Waals surface area contributed by atoms with Crippen molar-refractivity contribution in [3.63, 3.8) is 0 Å². The molecule has 1 aliphatic rings. The third kappa shape index (κ3) is 3.42. The number of nitrogens with zero attached hydrogens (tertiary/aromatic N) is 4. The Labute approximate surface area is 225 Å². The van der Waals surface area contributed by atoms with Gasteiger partial charge in [0, 0.05) is 40.0 Å². The van der Waals surface area contributed by atoms with Gasteiger partial charge in [-0.3, -0.25) is 9.55 Å². The second kappa shape index (κ2) is 8.61. The molecule has 182 valence electrons. The molecule has 0 bridgehead atoms. The van der Waals surface area contributed by atoms with Crippen LogP contribution >= 0.6 is 0 Å². The standard InChI is InChI=1S/C35H22N4/c1-3-11-23(12-4-1)30-21-31(24-13-5-2-6-14-24)38-35(37-30)39-22-29-33-27(17-9-19-32(33)39)25-15-7-8-16-26(25)28-18-10-20-36-34(28)29/h1-22H. The van der Waals surface area contributed by atoms with Gasteiger partial charge in [-0.2, -0.15) is 0 Å². The van der Waals surface area contributed by atoms with Gasteiger partial charge in [-0.15, -0.1) is 0 Å². The van der Waals surface area contributed by atoms with Crippen molar-refractivity contribution in [2.75, 3.05) is 0 Å². The van der Waals surface area contributed by atoms with E-state index in [0.29, 0.717) is 5.95 Å². The minimum atomic E-state index is 0.634. The summed E-state index contributed by atoms with van der Waals surface area (Å²) in [5, 5.41) is 1.16. The molecular weight excluding hydrogens is 476 g/mol. The van der Waals surface area contributed by atoms with Gasteiger partial charge in [0.05, 0.1) is 22.6 Å². The molecule has 0 saturated carbocycles. The Morgan fingerprint density at radius 2 is 1.08 bits per heavy atom. The highest BCUT2D eigenvalue weighted by Crippen LogP contribution is 2.47. The van der Waals surface area contributed by atoms with Crippen LogP contribution in [-0.2, 0) is 0 Å². The van der Waals surface area contributed by atoms with Gasteiger partial charge in [0.15, 0.2) is 0 Å². The maximum absolute atomic E-state index is 5.10. The summed E-state index contributed by atoms with van der Waals surface area (Å²) in [5.74, 6) is 0.634. The lowest BCUT2D eigenvalue weighted by atomic mass is 9.95. The Morgan fingerprint density at radius 3 is 1.77 bits per heavy atom. The number of aromatic nitrogens is 4. The minimum Gasteiger partial charge on any atom is -0.285 e. The van der Waals surface area contributed by atoms with Crippen LogP contribution < -0.4 is 0 Å². The molecule has 1 aliphatic carbocycles. The molecule has 0 amide bonds. The Kier molecular flexibility index (Phi) is 4.79. The van der Waals surface area contributed by atoms with E-state index in [2.05, 4.69) is 89.6 Å². The summed E-state index contributed by atoms with van der Waals surface area (Å²) < 4.78 is 2.12. The normalized spacial score (nSPS) is 11.6. The summed E-state index contributed by atoms with van der Waals surface area (Å²) >= 11 is 0. The third-order valence-corrected chi connectivity index (χ3v) is 7.47. The number of benzene rings is 4. The molecule has 0 radical (unpaired) electrons. The first-order chi connectivity index (χ1) is 19.3. The molecular formula is C35H22N4. The molecule has 0 spiro atoms. The minimum absolute atomic E-state index is 0.634. The SMILES string of the molecule is c1ccc(-c2cc(-c3ccccc3)nc(-n3cc4c5c(cccc53)-c3ccccc3-c3cccnc3-4)n2)cc1. The fourth-order valence-electron chi connectivity index (χ4n) is 5.70. The predicted octanol–water partition coefficient (Wildman–Crippen LogP) is 8.46. The smallest absolute Gasteiger partial charge is 0.235 e. The van der Waals surface area contributed by atoms with E-state index >= 15 is 0 Å². The zero-order valence-electron chi connectivity index (χ0n) is 21.0. The van der Waals surface area contributed by atoms with Crippen molar-refractivity contribution < 1.29 is 0 Å². The van der Waals surface area contributed by atoms with E-state index in [4.69, 9.17) is 15.0 Å². The quantitative estimate of drug-likeness (QED) is 0.245. The van der Waals surface area contributed by atoms with Crippen LogP contribution in [0.4, 0.5) is 0 Å². The monoisotopic (exact) mass is 498 g/mol. The van der Waals surface area contributed by atoms with E-state index < -0.39 is 0 Å². The van der Waals surface area contributed by atoms with Gasteiger partial charge in [0.2, 0.25) is 5.95 Å². The number of rotatable bonds is 3. The van der Waals surface area contributed by atoms with Gasteiger partial charge < -0.3 is 0 Å². The van der Waals surface area contributed by atoms with Crippen LogP contribution in [0.25, 0.3) is 72.9 Å². The first-order valence-corrected chi connectivity index (χ1v) is 13.0. The van der Waals surface area contributed by atoms with Crippen molar-refractivity contribution in [3.8, 4) is 62.0 Å². The predicted molar refractivity (Wildman–Crippen MR) is 157 cm³/mol. The highest BCUT2D eigenvalue weighted by atomic mass is 15.2. The van der Waals surface area contributed by atoms with Crippen molar-refractivity contribution in [2.45, 2.75) is 0 Å². The highest BCUT2D eigenvalue weighted by molar-refractivity contribution is 6.12. The van der Waals surface area contributed by atoms with Gasteiger partial charge in [-0.25, -0.2) is 9.97 Å². The highest BCUT2D eigenvalue weighted by Gasteiger charge is 2.25. The molecule has 7 aromatic rings.